The zero-order valence-electron chi connectivity index (χ0n) is 15.1. The lowest BCUT2D eigenvalue weighted by Crippen LogP contribution is -2.41. The number of carbonyl (C=O) groups excluding carboxylic acids is 1. The minimum absolute atomic E-state index is 0.0482. The number of nitrogens with one attached hydrogen (secondary N) is 1. The molecule has 0 aliphatic heterocycles. The lowest BCUT2D eigenvalue weighted by atomic mass is 9.85. The normalized spacial score (nSPS) is 20.4. The first-order valence-corrected chi connectivity index (χ1v) is 9.07. The van der Waals surface area contributed by atoms with E-state index in [1.165, 1.54) is 0 Å². The van der Waals surface area contributed by atoms with Gasteiger partial charge in [0.25, 0.3) is 0 Å². The van der Waals surface area contributed by atoms with Crippen molar-refractivity contribution in [3.8, 4) is 11.4 Å². The number of amides is 1. The van der Waals surface area contributed by atoms with Crippen molar-refractivity contribution in [3.05, 3.63) is 35.7 Å². The minimum Gasteiger partial charge on any atom is -0.353 e. The van der Waals surface area contributed by atoms with Gasteiger partial charge in [-0.3, -0.25) is 4.79 Å². The summed E-state index contributed by atoms with van der Waals surface area (Å²) in [5.41, 5.74) is 1.94. The van der Waals surface area contributed by atoms with Crippen molar-refractivity contribution in [2.45, 2.75) is 57.7 Å². The molecule has 2 aromatic rings. The molecule has 5 nitrogen and oxygen atoms in total. The maximum Gasteiger partial charge on any atom is 0.391 e. The summed E-state index contributed by atoms with van der Waals surface area (Å²) < 4.78 is 43.7. The van der Waals surface area contributed by atoms with Crippen LogP contribution in [0.3, 0.4) is 0 Å². The molecule has 3 rings (SSSR count). The molecule has 1 N–H and O–H groups in total. The fourth-order valence-corrected chi connectivity index (χ4v) is 3.31. The summed E-state index contributed by atoms with van der Waals surface area (Å²) in [7, 11) is 0. The molecule has 0 spiro atoms. The monoisotopic (exact) mass is 381 g/mol. The number of aromatic nitrogens is 2. The zero-order chi connectivity index (χ0) is 19.4. The van der Waals surface area contributed by atoms with E-state index in [1.54, 1.807) is 0 Å². The molecule has 1 aliphatic carbocycles. The summed E-state index contributed by atoms with van der Waals surface area (Å²) in [5, 5.41) is 6.61. The molecule has 1 heterocycles. The van der Waals surface area contributed by atoms with Gasteiger partial charge in [-0.05, 0) is 26.2 Å². The molecule has 1 aliphatic rings. The molecule has 146 valence electrons. The van der Waals surface area contributed by atoms with Crippen LogP contribution in [0.5, 0.6) is 0 Å². The highest BCUT2D eigenvalue weighted by atomic mass is 19.4. The molecular weight excluding hydrogens is 359 g/mol. The van der Waals surface area contributed by atoms with Gasteiger partial charge in [0.1, 0.15) is 0 Å². The Hall–Kier alpha value is -2.38. The molecule has 8 heteroatoms. The highest BCUT2D eigenvalue weighted by Gasteiger charge is 2.42. The van der Waals surface area contributed by atoms with Crippen molar-refractivity contribution in [1.82, 2.24) is 15.5 Å². The van der Waals surface area contributed by atoms with Gasteiger partial charge in [-0.15, -0.1) is 0 Å². The number of carbonyl (C=O) groups is 1. The number of rotatable bonds is 5. The van der Waals surface area contributed by atoms with Crippen molar-refractivity contribution in [1.29, 1.82) is 0 Å². The van der Waals surface area contributed by atoms with Gasteiger partial charge >= 0.3 is 6.18 Å². The molecule has 1 aromatic carbocycles. The Kier molecular flexibility index (Phi) is 5.82. The van der Waals surface area contributed by atoms with Crippen LogP contribution in [-0.4, -0.2) is 28.3 Å². The van der Waals surface area contributed by atoms with Gasteiger partial charge in [0.15, 0.2) is 0 Å². The zero-order valence-corrected chi connectivity index (χ0v) is 15.1. The Morgan fingerprint density at radius 3 is 2.70 bits per heavy atom. The largest absolute Gasteiger partial charge is 0.391 e. The maximum absolute atomic E-state index is 12.8. The second kappa shape index (κ2) is 8.10. The molecule has 1 saturated carbocycles. The van der Waals surface area contributed by atoms with Gasteiger partial charge in [0, 0.05) is 24.4 Å². The summed E-state index contributed by atoms with van der Waals surface area (Å²) in [6.45, 7) is 1.98. The second-order valence-corrected chi connectivity index (χ2v) is 7.05. The Labute approximate surface area is 155 Å². The summed E-state index contributed by atoms with van der Waals surface area (Å²) in [6, 6.07) is 7.23. The molecule has 0 saturated heterocycles. The summed E-state index contributed by atoms with van der Waals surface area (Å²) in [6.07, 6.45) is -2.70. The number of nitrogens with zero attached hydrogens (tertiary/aromatic N) is 2. The molecule has 0 unspecified atom stereocenters. The first-order chi connectivity index (χ1) is 12.8. The van der Waals surface area contributed by atoms with Gasteiger partial charge in [-0.25, -0.2) is 0 Å². The Morgan fingerprint density at radius 1 is 1.26 bits per heavy atom. The van der Waals surface area contributed by atoms with E-state index in [1.807, 2.05) is 31.2 Å². The number of hydrogen-bond donors (Lipinski definition) is 1. The van der Waals surface area contributed by atoms with E-state index in [4.69, 9.17) is 4.52 Å². The van der Waals surface area contributed by atoms with Crippen LogP contribution in [0, 0.1) is 12.8 Å². The number of aryl methyl sites for hydroxylation is 2. The summed E-state index contributed by atoms with van der Waals surface area (Å²) in [4.78, 5) is 16.3. The van der Waals surface area contributed by atoms with Gasteiger partial charge in [-0.1, -0.05) is 41.4 Å². The first kappa shape index (κ1) is 19.4. The minimum atomic E-state index is -4.19. The van der Waals surface area contributed by atoms with Crippen molar-refractivity contribution < 1.29 is 22.5 Å². The van der Waals surface area contributed by atoms with Crippen molar-refractivity contribution in [2.75, 3.05) is 0 Å². The van der Waals surface area contributed by atoms with Crippen LogP contribution in [0.25, 0.3) is 11.4 Å². The van der Waals surface area contributed by atoms with Crippen molar-refractivity contribution >= 4 is 5.91 Å². The lowest BCUT2D eigenvalue weighted by Gasteiger charge is -2.31. The molecule has 0 bridgehead atoms. The number of hydrogen-bond acceptors (Lipinski definition) is 4. The molecule has 2 atom stereocenters. The van der Waals surface area contributed by atoms with Crippen LogP contribution in [-0.2, 0) is 11.2 Å². The Bertz CT molecular complexity index is 771. The molecule has 1 fully saturated rings. The quantitative estimate of drug-likeness (QED) is 0.842. The topological polar surface area (TPSA) is 68.0 Å². The first-order valence-electron chi connectivity index (χ1n) is 9.07. The van der Waals surface area contributed by atoms with Crippen LogP contribution >= 0.6 is 0 Å². The SMILES string of the molecule is Cc1ccc(-c2noc(CCC(=O)N[C@H]3CCC[C@H](C(F)(F)F)C3)n2)cc1. The van der Waals surface area contributed by atoms with Crippen molar-refractivity contribution in [3.63, 3.8) is 0 Å². The molecule has 1 amide bonds. The smallest absolute Gasteiger partial charge is 0.353 e. The summed E-state index contributed by atoms with van der Waals surface area (Å²) in [5.74, 6) is -0.842. The highest BCUT2D eigenvalue weighted by Crippen LogP contribution is 2.37. The second-order valence-electron chi connectivity index (χ2n) is 7.05. The van der Waals surface area contributed by atoms with Gasteiger partial charge in [0.2, 0.25) is 17.6 Å². The number of benzene rings is 1. The van der Waals surface area contributed by atoms with Crippen LogP contribution in [0.1, 0.15) is 43.6 Å². The van der Waals surface area contributed by atoms with Gasteiger partial charge in [-0.2, -0.15) is 18.2 Å². The van der Waals surface area contributed by atoms with E-state index in [0.29, 0.717) is 24.6 Å². The van der Waals surface area contributed by atoms with E-state index >= 15 is 0 Å². The predicted molar refractivity (Wildman–Crippen MR) is 92.7 cm³/mol. The number of alkyl halides is 3. The summed E-state index contributed by atoms with van der Waals surface area (Å²) >= 11 is 0. The fourth-order valence-electron chi connectivity index (χ4n) is 3.31. The van der Waals surface area contributed by atoms with Crippen LogP contribution in [0.4, 0.5) is 13.2 Å². The van der Waals surface area contributed by atoms with E-state index in [2.05, 4.69) is 15.5 Å². The third-order valence-corrected chi connectivity index (χ3v) is 4.85. The average molecular weight is 381 g/mol. The maximum atomic E-state index is 12.8. The standard InChI is InChI=1S/C19H22F3N3O2/c1-12-5-7-13(8-6-12)18-24-17(27-25-18)10-9-16(26)23-15-4-2-3-14(11-15)19(20,21)22/h5-8,14-15H,2-4,9-11H2,1H3,(H,23,26)/t14-,15-/m0/s1. The predicted octanol–water partition coefficient (Wildman–Crippen LogP) is 4.21. The highest BCUT2D eigenvalue weighted by molar-refractivity contribution is 5.76. The lowest BCUT2D eigenvalue weighted by molar-refractivity contribution is -0.184. The van der Waals surface area contributed by atoms with E-state index in [0.717, 1.165) is 11.1 Å². The third-order valence-electron chi connectivity index (χ3n) is 4.85. The van der Waals surface area contributed by atoms with Crippen molar-refractivity contribution in [2.24, 2.45) is 5.92 Å². The van der Waals surface area contributed by atoms with E-state index in [-0.39, 0.29) is 31.6 Å². The van der Waals surface area contributed by atoms with Crippen LogP contribution in [0.2, 0.25) is 0 Å². The Balaban J connectivity index is 1.49. The fraction of sp³-hybridized carbons (Fsp3) is 0.526. The van der Waals surface area contributed by atoms with E-state index in [9.17, 15) is 18.0 Å². The third kappa shape index (κ3) is 5.30. The molecule has 0 radical (unpaired) electrons. The van der Waals surface area contributed by atoms with Crippen LogP contribution in [0.15, 0.2) is 28.8 Å². The molecule has 27 heavy (non-hydrogen) atoms. The van der Waals surface area contributed by atoms with Crippen LogP contribution < -0.4 is 5.32 Å². The van der Waals surface area contributed by atoms with Gasteiger partial charge in [0.05, 0.1) is 5.92 Å². The molecule has 1 aromatic heterocycles. The van der Waals surface area contributed by atoms with E-state index < -0.39 is 18.1 Å². The molecular formula is C19H22F3N3O2. The average Bonchev–Trinajstić information content (AvgIpc) is 3.09. The van der Waals surface area contributed by atoms with Gasteiger partial charge < -0.3 is 9.84 Å². The Morgan fingerprint density at radius 2 is 2.00 bits per heavy atom. The number of halogens is 3.